The van der Waals surface area contributed by atoms with E-state index in [1.807, 2.05) is 30.3 Å². The van der Waals surface area contributed by atoms with Crippen molar-refractivity contribution in [3.63, 3.8) is 0 Å². The minimum absolute atomic E-state index is 0.00620. The van der Waals surface area contributed by atoms with Gasteiger partial charge in [-0.3, -0.25) is 4.79 Å². The van der Waals surface area contributed by atoms with Gasteiger partial charge in [-0.05, 0) is 12.0 Å². The van der Waals surface area contributed by atoms with E-state index in [1.54, 1.807) is 6.92 Å². The molecule has 0 fully saturated rings. The second-order valence-corrected chi connectivity index (χ2v) is 4.11. The van der Waals surface area contributed by atoms with Crippen molar-refractivity contribution in [2.75, 3.05) is 6.54 Å². The Balaban J connectivity index is 1.79. The summed E-state index contributed by atoms with van der Waals surface area (Å²) in [5.74, 6) is -0.0571. The summed E-state index contributed by atoms with van der Waals surface area (Å²) >= 11 is 0. The first-order valence-electron chi connectivity index (χ1n) is 5.98. The summed E-state index contributed by atoms with van der Waals surface area (Å²) in [4.78, 5) is 15.4. The zero-order valence-corrected chi connectivity index (χ0v) is 10.5. The van der Waals surface area contributed by atoms with Gasteiger partial charge in [-0.25, -0.2) is 0 Å². The molecule has 0 aliphatic rings. The number of amides is 1. The Morgan fingerprint density at radius 1 is 1.42 bits per heavy atom. The summed E-state index contributed by atoms with van der Waals surface area (Å²) in [5, 5.41) is 16.0. The van der Waals surface area contributed by atoms with E-state index in [4.69, 9.17) is 4.52 Å². The van der Waals surface area contributed by atoms with Gasteiger partial charge >= 0.3 is 0 Å². The normalized spacial score (nSPS) is 12.1. The van der Waals surface area contributed by atoms with E-state index >= 15 is 0 Å². The Hall–Kier alpha value is -2.21. The van der Waals surface area contributed by atoms with Gasteiger partial charge in [0.1, 0.15) is 0 Å². The first-order chi connectivity index (χ1) is 9.16. The number of nitrogens with zero attached hydrogens (tertiary/aromatic N) is 2. The SMILES string of the molecule is Cc1nc(C(=O)NCCC(O)c2ccccc2)no1. The average molecular weight is 261 g/mol. The lowest BCUT2D eigenvalue weighted by Crippen LogP contribution is -2.26. The van der Waals surface area contributed by atoms with Gasteiger partial charge in [0.25, 0.3) is 11.7 Å². The summed E-state index contributed by atoms with van der Waals surface area (Å²) in [7, 11) is 0. The van der Waals surface area contributed by atoms with E-state index < -0.39 is 12.0 Å². The van der Waals surface area contributed by atoms with Crippen LogP contribution in [0.2, 0.25) is 0 Å². The van der Waals surface area contributed by atoms with Crippen molar-refractivity contribution in [2.24, 2.45) is 0 Å². The number of aliphatic hydroxyl groups is 1. The highest BCUT2D eigenvalue weighted by Crippen LogP contribution is 2.14. The molecular weight excluding hydrogens is 246 g/mol. The van der Waals surface area contributed by atoms with Crippen molar-refractivity contribution >= 4 is 5.91 Å². The Morgan fingerprint density at radius 2 is 2.16 bits per heavy atom. The lowest BCUT2D eigenvalue weighted by Gasteiger charge is -2.10. The molecule has 1 aromatic heterocycles. The number of benzene rings is 1. The molecule has 100 valence electrons. The maximum Gasteiger partial charge on any atom is 0.292 e. The van der Waals surface area contributed by atoms with Gasteiger partial charge in [0.2, 0.25) is 5.89 Å². The van der Waals surface area contributed by atoms with Crippen LogP contribution < -0.4 is 5.32 Å². The molecule has 0 bridgehead atoms. The number of rotatable bonds is 5. The van der Waals surface area contributed by atoms with E-state index in [1.165, 1.54) is 0 Å². The number of aromatic nitrogens is 2. The van der Waals surface area contributed by atoms with Crippen LogP contribution in [0.5, 0.6) is 0 Å². The first-order valence-corrected chi connectivity index (χ1v) is 5.98. The molecule has 6 nitrogen and oxygen atoms in total. The molecule has 2 N–H and O–H groups in total. The molecule has 19 heavy (non-hydrogen) atoms. The molecule has 2 rings (SSSR count). The van der Waals surface area contributed by atoms with E-state index in [9.17, 15) is 9.90 Å². The summed E-state index contributed by atoms with van der Waals surface area (Å²) in [6.07, 6.45) is -0.180. The van der Waals surface area contributed by atoms with Crippen molar-refractivity contribution in [3.05, 3.63) is 47.6 Å². The van der Waals surface area contributed by atoms with Crippen LogP contribution in [0.3, 0.4) is 0 Å². The third-order valence-corrected chi connectivity index (χ3v) is 2.62. The fraction of sp³-hybridized carbons (Fsp3) is 0.308. The molecule has 0 aliphatic heterocycles. The second kappa shape index (κ2) is 6.10. The summed E-state index contributed by atoms with van der Waals surface area (Å²) < 4.78 is 4.71. The van der Waals surface area contributed by atoms with Crippen molar-refractivity contribution < 1.29 is 14.4 Å². The topological polar surface area (TPSA) is 88.2 Å². The molecule has 1 heterocycles. The van der Waals surface area contributed by atoms with Crippen molar-refractivity contribution in [2.45, 2.75) is 19.4 Å². The maximum atomic E-state index is 11.6. The highest BCUT2D eigenvalue weighted by molar-refractivity contribution is 5.90. The molecule has 0 radical (unpaired) electrons. The van der Waals surface area contributed by atoms with Crippen LogP contribution in [0.15, 0.2) is 34.9 Å². The quantitative estimate of drug-likeness (QED) is 0.845. The van der Waals surface area contributed by atoms with Crippen LogP contribution in [0, 0.1) is 6.92 Å². The molecule has 0 spiro atoms. The fourth-order valence-electron chi connectivity index (χ4n) is 1.63. The van der Waals surface area contributed by atoms with Crippen LogP contribution in [0.4, 0.5) is 0 Å². The van der Waals surface area contributed by atoms with Gasteiger partial charge in [0.05, 0.1) is 6.10 Å². The summed E-state index contributed by atoms with van der Waals surface area (Å²) in [6, 6.07) is 9.29. The Labute approximate surface area is 110 Å². The van der Waals surface area contributed by atoms with Crippen LogP contribution in [0.25, 0.3) is 0 Å². The minimum Gasteiger partial charge on any atom is -0.388 e. The third-order valence-electron chi connectivity index (χ3n) is 2.62. The van der Waals surface area contributed by atoms with Crippen molar-refractivity contribution in [1.82, 2.24) is 15.5 Å². The van der Waals surface area contributed by atoms with Gasteiger partial charge in [-0.15, -0.1) is 0 Å². The Kier molecular flexibility index (Phi) is 4.25. The number of carbonyl (C=O) groups is 1. The molecule has 1 aromatic carbocycles. The van der Waals surface area contributed by atoms with Gasteiger partial charge in [0, 0.05) is 13.5 Å². The van der Waals surface area contributed by atoms with Crippen LogP contribution >= 0.6 is 0 Å². The van der Waals surface area contributed by atoms with Gasteiger partial charge in [0.15, 0.2) is 0 Å². The third kappa shape index (κ3) is 3.62. The molecule has 2 aromatic rings. The predicted octanol–water partition coefficient (Wildman–Crippen LogP) is 1.23. The van der Waals surface area contributed by atoms with E-state index in [2.05, 4.69) is 15.5 Å². The number of aliphatic hydroxyl groups excluding tert-OH is 1. The molecular formula is C13H15N3O3. The monoisotopic (exact) mass is 261 g/mol. The molecule has 1 unspecified atom stereocenters. The lowest BCUT2D eigenvalue weighted by atomic mass is 10.1. The van der Waals surface area contributed by atoms with E-state index in [-0.39, 0.29) is 5.82 Å². The van der Waals surface area contributed by atoms with Gasteiger partial charge in [-0.2, -0.15) is 4.98 Å². The summed E-state index contributed by atoms with van der Waals surface area (Å²) in [6.45, 7) is 1.95. The Bertz CT molecular complexity index is 539. The predicted molar refractivity (Wildman–Crippen MR) is 67.4 cm³/mol. The van der Waals surface area contributed by atoms with Crippen LogP contribution in [-0.2, 0) is 0 Å². The Morgan fingerprint density at radius 3 is 2.79 bits per heavy atom. The fourth-order valence-corrected chi connectivity index (χ4v) is 1.63. The second-order valence-electron chi connectivity index (χ2n) is 4.11. The van der Waals surface area contributed by atoms with Gasteiger partial charge in [-0.1, -0.05) is 35.5 Å². The largest absolute Gasteiger partial charge is 0.388 e. The van der Waals surface area contributed by atoms with E-state index in [0.29, 0.717) is 18.9 Å². The van der Waals surface area contributed by atoms with E-state index in [0.717, 1.165) is 5.56 Å². The van der Waals surface area contributed by atoms with Gasteiger partial charge < -0.3 is 14.9 Å². The molecule has 0 saturated carbocycles. The molecule has 1 atom stereocenters. The zero-order valence-electron chi connectivity index (χ0n) is 10.5. The number of aryl methyl sites for hydroxylation is 1. The van der Waals surface area contributed by atoms with Crippen molar-refractivity contribution in [1.29, 1.82) is 0 Å². The zero-order chi connectivity index (χ0) is 13.7. The highest BCUT2D eigenvalue weighted by atomic mass is 16.5. The first kappa shape index (κ1) is 13.2. The molecule has 6 heteroatoms. The van der Waals surface area contributed by atoms with Crippen LogP contribution in [0.1, 0.15) is 34.6 Å². The molecule has 0 aliphatic carbocycles. The number of hydrogen-bond acceptors (Lipinski definition) is 5. The number of carbonyl (C=O) groups excluding carboxylic acids is 1. The lowest BCUT2D eigenvalue weighted by molar-refractivity contribution is 0.0929. The molecule has 1 amide bonds. The highest BCUT2D eigenvalue weighted by Gasteiger charge is 2.13. The summed E-state index contributed by atoms with van der Waals surface area (Å²) in [5.41, 5.74) is 0.826. The standard InChI is InChI=1S/C13H15N3O3/c1-9-15-12(16-19-9)13(18)14-8-7-11(17)10-5-3-2-4-6-10/h2-6,11,17H,7-8H2,1H3,(H,14,18). The smallest absolute Gasteiger partial charge is 0.292 e. The minimum atomic E-state index is -0.603. The maximum absolute atomic E-state index is 11.6. The molecule has 0 saturated heterocycles. The average Bonchev–Trinajstić information content (AvgIpc) is 2.86. The van der Waals surface area contributed by atoms with Crippen molar-refractivity contribution in [3.8, 4) is 0 Å². The van der Waals surface area contributed by atoms with Crippen LogP contribution in [-0.4, -0.2) is 27.7 Å². The number of hydrogen-bond donors (Lipinski definition) is 2. The number of nitrogens with one attached hydrogen (secondary N) is 1.